The van der Waals surface area contributed by atoms with Gasteiger partial charge < -0.3 is 14.1 Å². The molecular formula is C28H24N6O2. The Hall–Kier alpha value is -4.46. The molecule has 0 unspecified atom stereocenters. The maximum Gasteiger partial charge on any atom is 0.155 e. The minimum absolute atomic E-state index is 0.278. The maximum atomic E-state index is 6.24. The summed E-state index contributed by atoms with van der Waals surface area (Å²) in [5.74, 6) is 0.807. The van der Waals surface area contributed by atoms with Gasteiger partial charge in [0, 0.05) is 51.6 Å². The van der Waals surface area contributed by atoms with Gasteiger partial charge >= 0.3 is 0 Å². The molecule has 6 aromatic heterocycles. The van der Waals surface area contributed by atoms with Gasteiger partial charge in [0.15, 0.2) is 5.65 Å². The number of nitrogens with one attached hydrogen (secondary N) is 2. The molecule has 0 amide bonds. The number of H-pyrrole nitrogens is 2. The molecule has 0 atom stereocenters. The van der Waals surface area contributed by atoms with E-state index in [1.165, 1.54) is 19.3 Å². The van der Waals surface area contributed by atoms with Crippen molar-refractivity contribution in [1.82, 2.24) is 30.1 Å². The second kappa shape index (κ2) is 8.64. The summed E-state index contributed by atoms with van der Waals surface area (Å²) < 4.78 is 11.5. The van der Waals surface area contributed by atoms with E-state index in [4.69, 9.17) is 9.15 Å². The molecule has 0 bridgehead atoms. The summed E-state index contributed by atoms with van der Waals surface area (Å²) in [6.07, 6.45) is 18.8. The second-order valence-electron chi connectivity index (χ2n) is 9.32. The van der Waals surface area contributed by atoms with Gasteiger partial charge in [-0.15, -0.1) is 0 Å². The highest BCUT2D eigenvalue weighted by molar-refractivity contribution is 6.00. The highest BCUT2D eigenvalue weighted by Gasteiger charge is 2.17. The van der Waals surface area contributed by atoms with Crippen LogP contribution in [0.5, 0.6) is 5.75 Å². The van der Waals surface area contributed by atoms with E-state index < -0.39 is 0 Å². The summed E-state index contributed by atoms with van der Waals surface area (Å²) in [6, 6.07) is 8.19. The molecule has 1 saturated carbocycles. The minimum atomic E-state index is 0.278. The number of hydrogen-bond donors (Lipinski definition) is 2. The topological polar surface area (TPSA) is 106 Å². The van der Waals surface area contributed by atoms with Gasteiger partial charge in [0.05, 0.1) is 42.2 Å². The molecular weight excluding hydrogens is 452 g/mol. The maximum absolute atomic E-state index is 6.24. The highest BCUT2D eigenvalue weighted by atomic mass is 16.5. The average molecular weight is 477 g/mol. The summed E-state index contributed by atoms with van der Waals surface area (Å²) in [4.78, 5) is 16.9. The quantitative estimate of drug-likeness (QED) is 0.293. The molecule has 1 fully saturated rings. The summed E-state index contributed by atoms with van der Waals surface area (Å²) in [5.41, 5.74) is 7.26. The molecule has 6 heterocycles. The van der Waals surface area contributed by atoms with Crippen LogP contribution in [-0.4, -0.2) is 36.2 Å². The predicted octanol–water partition coefficient (Wildman–Crippen LogP) is 6.53. The number of fused-ring (bicyclic) bond motifs is 2. The van der Waals surface area contributed by atoms with Crippen LogP contribution in [0.4, 0.5) is 0 Å². The monoisotopic (exact) mass is 476 g/mol. The molecule has 2 N–H and O–H groups in total. The second-order valence-corrected chi connectivity index (χ2v) is 9.32. The van der Waals surface area contributed by atoms with Crippen molar-refractivity contribution in [2.75, 3.05) is 0 Å². The van der Waals surface area contributed by atoms with Crippen LogP contribution >= 0.6 is 0 Å². The lowest BCUT2D eigenvalue weighted by Crippen LogP contribution is -2.19. The van der Waals surface area contributed by atoms with Gasteiger partial charge in [0.25, 0.3) is 0 Å². The third-order valence-corrected chi connectivity index (χ3v) is 6.95. The number of rotatable bonds is 5. The van der Waals surface area contributed by atoms with Gasteiger partial charge in [-0.2, -0.15) is 5.10 Å². The molecule has 0 aromatic carbocycles. The lowest BCUT2D eigenvalue weighted by molar-refractivity contribution is 0.154. The smallest absolute Gasteiger partial charge is 0.155 e. The molecule has 1 aliphatic rings. The number of pyridine rings is 3. The molecule has 7 rings (SSSR count). The number of hydrogen-bond acceptors (Lipinski definition) is 6. The van der Waals surface area contributed by atoms with Gasteiger partial charge in [0.1, 0.15) is 11.4 Å². The molecule has 36 heavy (non-hydrogen) atoms. The zero-order valence-corrected chi connectivity index (χ0v) is 19.6. The third kappa shape index (κ3) is 3.71. The fourth-order valence-corrected chi connectivity index (χ4v) is 5.11. The van der Waals surface area contributed by atoms with E-state index >= 15 is 0 Å². The number of ether oxygens (including phenoxy) is 1. The number of nitrogens with zero attached hydrogens (tertiary/aromatic N) is 4. The van der Waals surface area contributed by atoms with Gasteiger partial charge in [-0.25, -0.2) is 4.98 Å². The Morgan fingerprint density at radius 1 is 0.861 bits per heavy atom. The van der Waals surface area contributed by atoms with E-state index in [1.807, 2.05) is 30.9 Å². The fraction of sp³-hybridized carbons (Fsp3) is 0.214. The molecule has 1 aliphatic carbocycles. The molecule has 0 radical (unpaired) electrons. The Kier molecular flexibility index (Phi) is 5.01. The SMILES string of the molecule is c1cc(-c2cncc3[nH]c(-c4n[nH]c5ncc(-c6cncc(OC7CCCCC7)c6)cc45)cc23)co1. The summed E-state index contributed by atoms with van der Waals surface area (Å²) in [6.45, 7) is 0. The van der Waals surface area contributed by atoms with E-state index in [2.05, 4.69) is 48.3 Å². The number of furan rings is 1. The summed E-state index contributed by atoms with van der Waals surface area (Å²) in [7, 11) is 0. The lowest BCUT2D eigenvalue weighted by atomic mass is 9.98. The molecule has 0 spiro atoms. The van der Waals surface area contributed by atoms with Crippen LogP contribution in [0.1, 0.15) is 32.1 Å². The largest absolute Gasteiger partial charge is 0.489 e. The van der Waals surface area contributed by atoms with Gasteiger partial charge in [-0.05, 0) is 49.9 Å². The highest BCUT2D eigenvalue weighted by Crippen LogP contribution is 2.35. The molecule has 8 nitrogen and oxygen atoms in total. The van der Waals surface area contributed by atoms with E-state index in [9.17, 15) is 0 Å². The molecule has 8 heteroatoms. The molecule has 6 aromatic rings. The normalized spacial score (nSPS) is 14.6. The van der Waals surface area contributed by atoms with Crippen molar-refractivity contribution in [3.8, 4) is 39.4 Å². The third-order valence-electron chi connectivity index (χ3n) is 6.95. The van der Waals surface area contributed by atoms with E-state index in [1.54, 1.807) is 18.7 Å². The Labute approximate surface area is 206 Å². The zero-order valence-electron chi connectivity index (χ0n) is 19.6. The van der Waals surface area contributed by atoms with Crippen LogP contribution in [0.3, 0.4) is 0 Å². The van der Waals surface area contributed by atoms with Crippen molar-refractivity contribution in [3.63, 3.8) is 0 Å². The van der Waals surface area contributed by atoms with Crippen LogP contribution in [0.2, 0.25) is 0 Å². The van der Waals surface area contributed by atoms with Crippen molar-refractivity contribution in [1.29, 1.82) is 0 Å². The van der Waals surface area contributed by atoms with E-state index in [-0.39, 0.29) is 6.10 Å². The molecule has 0 aliphatic heterocycles. The lowest BCUT2D eigenvalue weighted by Gasteiger charge is -2.23. The Bertz CT molecular complexity index is 1660. The fourth-order valence-electron chi connectivity index (χ4n) is 5.11. The van der Waals surface area contributed by atoms with Crippen molar-refractivity contribution < 1.29 is 9.15 Å². The van der Waals surface area contributed by atoms with Gasteiger partial charge in [-0.3, -0.25) is 15.1 Å². The standard InChI is InChI=1S/C28H24N6O2/c1-2-4-20(5-3-1)36-21-8-18(11-29-13-21)19-9-23-27(33-34-28(23)31-12-19)25-10-22-24(17-6-7-35-16-17)14-30-15-26(22)32-25/h6-16,20,32H,1-5H2,(H,31,33,34). The van der Waals surface area contributed by atoms with Crippen molar-refractivity contribution in [2.24, 2.45) is 0 Å². The van der Waals surface area contributed by atoms with Crippen LogP contribution in [0, 0.1) is 0 Å². The summed E-state index contributed by atoms with van der Waals surface area (Å²) >= 11 is 0. The predicted molar refractivity (Wildman–Crippen MR) is 137 cm³/mol. The van der Waals surface area contributed by atoms with Crippen LogP contribution in [0.25, 0.3) is 55.6 Å². The van der Waals surface area contributed by atoms with Crippen LogP contribution < -0.4 is 4.74 Å². The van der Waals surface area contributed by atoms with Crippen LogP contribution in [-0.2, 0) is 0 Å². The van der Waals surface area contributed by atoms with Crippen molar-refractivity contribution >= 4 is 21.9 Å². The summed E-state index contributed by atoms with van der Waals surface area (Å²) in [5, 5.41) is 9.63. The first-order chi connectivity index (χ1) is 17.8. The molecule has 0 saturated heterocycles. The average Bonchev–Trinajstić information content (AvgIpc) is 3.68. The minimum Gasteiger partial charge on any atom is -0.489 e. The van der Waals surface area contributed by atoms with E-state index in [0.29, 0.717) is 0 Å². The van der Waals surface area contributed by atoms with Gasteiger partial charge in [-0.1, -0.05) is 6.42 Å². The van der Waals surface area contributed by atoms with Crippen LogP contribution in [0.15, 0.2) is 72.2 Å². The van der Waals surface area contributed by atoms with Gasteiger partial charge in [0.2, 0.25) is 0 Å². The first kappa shape index (κ1) is 20.9. The first-order valence-corrected chi connectivity index (χ1v) is 12.3. The number of aromatic amines is 2. The molecule has 178 valence electrons. The zero-order chi connectivity index (χ0) is 23.9. The number of aromatic nitrogens is 6. The van der Waals surface area contributed by atoms with E-state index in [0.717, 1.165) is 74.2 Å². The Balaban J connectivity index is 1.26. The Morgan fingerprint density at radius 2 is 1.75 bits per heavy atom. The van der Waals surface area contributed by atoms with Crippen molar-refractivity contribution in [2.45, 2.75) is 38.2 Å². The van der Waals surface area contributed by atoms with Crippen molar-refractivity contribution in [3.05, 3.63) is 67.8 Å². The first-order valence-electron chi connectivity index (χ1n) is 12.3. The Morgan fingerprint density at radius 3 is 2.64 bits per heavy atom.